The smallest absolute Gasteiger partial charge is 0.264 e. The molecule has 1 aliphatic rings. The molecule has 1 heterocycles. The first-order chi connectivity index (χ1) is 12.0. The molecule has 0 radical (unpaired) electrons. The summed E-state index contributed by atoms with van der Waals surface area (Å²) < 4.78 is 5.20. The number of nitrogens with zero attached hydrogens (tertiary/aromatic N) is 1. The molecule has 0 atom stereocenters. The lowest BCUT2D eigenvalue weighted by Crippen LogP contribution is -2.19. The van der Waals surface area contributed by atoms with Crippen LogP contribution in [0.25, 0.3) is 6.08 Å². The van der Waals surface area contributed by atoms with Gasteiger partial charge in [0.2, 0.25) is 0 Å². The minimum atomic E-state index is -0.197. The molecule has 2 aromatic rings. The molecule has 1 amide bonds. The molecule has 1 N–H and O–H groups in total. The molecule has 7 heteroatoms. The number of nitrogens with one attached hydrogen (secondary N) is 1. The number of amides is 1. The molecule has 0 bridgehead atoms. The van der Waals surface area contributed by atoms with E-state index in [1.165, 1.54) is 11.8 Å². The predicted octanol–water partition coefficient (Wildman–Crippen LogP) is 5.20. The molecule has 25 heavy (non-hydrogen) atoms. The van der Waals surface area contributed by atoms with E-state index in [-0.39, 0.29) is 5.91 Å². The molecular formula is C18H14Cl2N2O2S. The molecule has 2 aromatic carbocycles. The number of ether oxygens (including phenoxy) is 1. The predicted molar refractivity (Wildman–Crippen MR) is 105 cm³/mol. The van der Waals surface area contributed by atoms with Crippen molar-refractivity contribution in [2.24, 2.45) is 4.99 Å². The van der Waals surface area contributed by atoms with Gasteiger partial charge >= 0.3 is 0 Å². The van der Waals surface area contributed by atoms with E-state index in [1.54, 1.807) is 25.3 Å². The Labute approximate surface area is 159 Å². The molecule has 0 aromatic heterocycles. The lowest BCUT2D eigenvalue weighted by molar-refractivity contribution is -0.115. The van der Waals surface area contributed by atoms with Crippen molar-refractivity contribution in [1.82, 2.24) is 5.32 Å². The van der Waals surface area contributed by atoms with Gasteiger partial charge in [0.25, 0.3) is 5.91 Å². The third-order valence-electron chi connectivity index (χ3n) is 3.57. The Morgan fingerprint density at radius 3 is 2.76 bits per heavy atom. The van der Waals surface area contributed by atoms with Crippen LogP contribution in [0.15, 0.2) is 46.3 Å². The summed E-state index contributed by atoms with van der Waals surface area (Å²) in [4.78, 5) is 17.1. The summed E-state index contributed by atoms with van der Waals surface area (Å²) in [6, 6.07) is 10.9. The fourth-order valence-corrected chi connectivity index (χ4v) is 3.41. The second-order valence-electron chi connectivity index (χ2n) is 5.28. The Morgan fingerprint density at radius 1 is 1.24 bits per heavy atom. The van der Waals surface area contributed by atoms with Crippen LogP contribution in [0.5, 0.6) is 5.75 Å². The van der Waals surface area contributed by atoms with E-state index in [9.17, 15) is 4.79 Å². The topological polar surface area (TPSA) is 50.7 Å². The Bertz CT molecular complexity index is 910. The van der Waals surface area contributed by atoms with Crippen molar-refractivity contribution in [3.05, 3.63) is 62.5 Å². The van der Waals surface area contributed by atoms with Crippen molar-refractivity contribution in [3.8, 4) is 5.75 Å². The van der Waals surface area contributed by atoms with Crippen LogP contribution < -0.4 is 10.1 Å². The second-order valence-corrected chi connectivity index (χ2v) is 7.09. The van der Waals surface area contributed by atoms with E-state index in [2.05, 4.69) is 10.3 Å². The minimum absolute atomic E-state index is 0.197. The summed E-state index contributed by atoms with van der Waals surface area (Å²) >= 11 is 13.4. The van der Waals surface area contributed by atoms with Crippen LogP contribution in [0.3, 0.4) is 0 Å². The van der Waals surface area contributed by atoms with Crippen molar-refractivity contribution in [2.45, 2.75) is 6.92 Å². The van der Waals surface area contributed by atoms with Crippen molar-refractivity contribution in [2.75, 3.05) is 7.11 Å². The van der Waals surface area contributed by atoms with Gasteiger partial charge in [-0.1, -0.05) is 35.3 Å². The van der Waals surface area contributed by atoms with E-state index >= 15 is 0 Å². The third-order valence-corrected chi connectivity index (χ3v) is 5.29. The molecular weight excluding hydrogens is 379 g/mol. The zero-order chi connectivity index (χ0) is 18.0. The van der Waals surface area contributed by atoms with Gasteiger partial charge in [-0.15, -0.1) is 0 Å². The van der Waals surface area contributed by atoms with Crippen molar-refractivity contribution < 1.29 is 9.53 Å². The lowest BCUT2D eigenvalue weighted by Gasteiger charge is -2.04. The number of amidine groups is 1. The zero-order valence-corrected chi connectivity index (χ0v) is 15.8. The molecule has 1 saturated heterocycles. The lowest BCUT2D eigenvalue weighted by atomic mass is 10.1. The molecule has 0 spiro atoms. The van der Waals surface area contributed by atoms with Crippen LogP contribution in [0.2, 0.25) is 10.0 Å². The van der Waals surface area contributed by atoms with Gasteiger partial charge in [-0.3, -0.25) is 4.79 Å². The number of carbonyl (C=O) groups excluding carboxylic acids is 1. The third kappa shape index (κ3) is 4.00. The highest BCUT2D eigenvalue weighted by atomic mass is 35.5. The Balaban J connectivity index is 1.87. The normalized spacial score (nSPS) is 17.2. The Kier molecular flexibility index (Phi) is 5.37. The summed E-state index contributed by atoms with van der Waals surface area (Å²) in [5.41, 5.74) is 2.47. The van der Waals surface area contributed by atoms with Crippen LogP contribution in [-0.4, -0.2) is 18.2 Å². The van der Waals surface area contributed by atoms with Gasteiger partial charge in [0.15, 0.2) is 5.17 Å². The maximum atomic E-state index is 12.2. The summed E-state index contributed by atoms with van der Waals surface area (Å²) in [6.45, 7) is 1.97. The number of hydrogen-bond donors (Lipinski definition) is 1. The summed E-state index contributed by atoms with van der Waals surface area (Å²) in [5.74, 6) is 0.582. The van der Waals surface area contributed by atoms with E-state index in [4.69, 9.17) is 27.9 Å². The zero-order valence-electron chi connectivity index (χ0n) is 13.5. The molecule has 3 rings (SSSR count). The largest absolute Gasteiger partial charge is 0.497 e. The highest BCUT2D eigenvalue weighted by Gasteiger charge is 2.24. The monoisotopic (exact) mass is 392 g/mol. The first-order valence-electron chi connectivity index (χ1n) is 7.36. The Morgan fingerprint density at radius 2 is 2.04 bits per heavy atom. The van der Waals surface area contributed by atoms with Crippen molar-refractivity contribution in [3.63, 3.8) is 0 Å². The second kappa shape index (κ2) is 7.52. The minimum Gasteiger partial charge on any atom is -0.497 e. The number of rotatable bonds is 3. The van der Waals surface area contributed by atoms with Crippen molar-refractivity contribution >= 4 is 57.8 Å². The number of aliphatic imine (C=N–C) groups is 1. The molecule has 0 unspecified atom stereocenters. The fraction of sp³-hybridized carbons (Fsp3) is 0.111. The molecule has 128 valence electrons. The van der Waals surface area contributed by atoms with E-state index in [1.807, 2.05) is 31.2 Å². The van der Waals surface area contributed by atoms with Crippen LogP contribution in [0.4, 0.5) is 5.69 Å². The van der Waals surface area contributed by atoms with Gasteiger partial charge in [-0.2, -0.15) is 0 Å². The fourth-order valence-electron chi connectivity index (χ4n) is 2.25. The number of benzene rings is 2. The van der Waals surface area contributed by atoms with E-state index in [0.717, 1.165) is 16.9 Å². The first-order valence-corrected chi connectivity index (χ1v) is 8.93. The average molecular weight is 393 g/mol. The molecule has 1 aliphatic heterocycles. The highest BCUT2D eigenvalue weighted by molar-refractivity contribution is 8.18. The first kappa shape index (κ1) is 17.9. The van der Waals surface area contributed by atoms with Gasteiger partial charge < -0.3 is 10.1 Å². The van der Waals surface area contributed by atoms with Crippen LogP contribution >= 0.6 is 35.0 Å². The summed E-state index contributed by atoms with van der Waals surface area (Å²) in [6.07, 6.45) is 1.83. The molecule has 4 nitrogen and oxygen atoms in total. The number of thioether (sulfide) groups is 1. The number of aryl methyl sites for hydroxylation is 1. The SMILES string of the molecule is COc1ccc(/C=C2\SC(=Nc3cccc(Cl)c3Cl)NC2=O)c(C)c1. The summed E-state index contributed by atoms with van der Waals surface area (Å²) in [5, 5.41) is 3.98. The Hall–Kier alpha value is -1.95. The number of hydrogen-bond acceptors (Lipinski definition) is 4. The standard InChI is InChI=1S/C18H14Cl2N2O2S/c1-10-8-12(24-2)7-6-11(10)9-15-17(23)22-18(25-15)21-14-5-3-4-13(19)16(14)20/h3-9H,1-2H3,(H,21,22,23)/b15-9-. The number of methoxy groups -OCH3 is 1. The van der Waals surface area contributed by atoms with Gasteiger partial charge in [-0.25, -0.2) is 4.99 Å². The van der Waals surface area contributed by atoms with Gasteiger partial charge in [0.1, 0.15) is 5.75 Å². The van der Waals surface area contributed by atoms with Crippen LogP contribution in [-0.2, 0) is 4.79 Å². The maximum absolute atomic E-state index is 12.2. The quantitative estimate of drug-likeness (QED) is 0.729. The van der Waals surface area contributed by atoms with Gasteiger partial charge in [-0.05, 0) is 60.2 Å². The van der Waals surface area contributed by atoms with Gasteiger partial charge in [0.05, 0.1) is 27.7 Å². The molecule has 0 saturated carbocycles. The summed E-state index contributed by atoms with van der Waals surface area (Å²) in [7, 11) is 1.62. The van der Waals surface area contributed by atoms with Crippen LogP contribution in [0, 0.1) is 6.92 Å². The number of carbonyl (C=O) groups is 1. The maximum Gasteiger partial charge on any atom is 0.264 e. The van der Waals surface area contributed by atoms with Crippen molar-refractivity contribution in [1.29, 1.82) is 0 Å². The average Bonchev–Trinajstić information content (AvgIpc) is 2.93. The van der Waals surface area contributed by atoms with E-state index in [0.29, 0.717) is 25.8 Å². The van der Waals surface area contributed by atoms with E-state index < -0.39 is 0 Å². The molecule has 1 fully saturated rings. The van der Waals surface area contributed by atoms with Gasteiger partial charge in [0, 0.05) is 0 Å². The molecule has 0 aliphatic carbocycles. The van der Waals surface area contributed by atoms with Crippen LogP contribution in [0.1, 0.15) is 11.1 Å². The number of halogens is 2. The highest BCUT2D eigenvalue weighted by Crippen LogP contribution is 2.34.